The number of carbonyl (C=O) groups is 3. The molecule has 0 atom stereocenters. The Morgan fingerprint density at radius 3 is 2.70 bits per heavy atom. The van der Waals surface area contributed by atoms with Gasteiger partial charge in [-0.1, -0.05) is 18.2 Å². The summed E-state index contributed by atoms with van der Waals surface area (Å²) in [5.74, 6) is -1.57. The van der Waals surface area contributed by atoms with Crippen LogP contribution in [-0.2, 0) is 20.9 Å². The summed E-state index contributed by atoms with van der Waals surface area (Å²) in [7, 11) is 0. The first-order valence-electron chi connectivity index (χ1n) is 9.26. The van der Waals surface area contributed by atoms with Crippen molar-refractivity contribution in [3.05, 3.63) is 70.8 Å². The van der Waals surface area contributed by atoms with Crippen molar-refractivity contribution in [1.29, 1.82) is 0 Å². The molecule has 0 unspecified atom stereocenters. The molecular formula is C21H20N4O5. The summed E-state index contributed by atoms with van der Waals surface area (Å²) in [6, 6.07) is 13.2. The molecular weight excluding hydrogens is 388 g/mol. The molecule has 30 heavy (non-hydrogen) atoms. The van der Waals surface area contributed by atoms with E-state index in [0.29, 0.717) is 28.7 Å². The Morgan fingerprint density at radius 1 is 1.10 bits per heavy atom. The van der Waals surface area contributed by atoms with Gasteiger partial charge in [-0.3, -0.25) is 23.7 Å². The van der Waals surface area contributed by atoms with Gasteiger partial charge in [0.2, 0.25) is 0 Å². The lowest BCUT2D eigenvalue weighted by molar-refractivity contribution is -0.147. The highest BCUT2D eigenvalue weighted by molar-refractivity contribution is 5.97. The fourth-order valence-corrected chi connectivity index (χ4v) is 2.75. The predicted molar refractivity (Wildman–Crippen MR) is 110 cm³/mol. The number of amides is 2. The van der Waals surface area contributed by atoms with E-state index < -0.39 is 18.5 Å². The molecule has 0 aliphatic heterocycles. The van der Waals surface area contributed by atoms with Gasteiger partial charge in [0.05, 0.1) is 17.2 Å². The Balaban J connectivity index is 1.56. The number of hydrogen-bond donors (Lipinski definition) is 2. The average molecular weight is 408 g/mol. The molecule has 3 aromatic rings. The van der Waals surface area contributed by atoms with Crippen LogP contribution in [-0.4, -0.2) is 40.5 Å². The van der Waals surface area contributed by atoms with Gasteiger partial charge in [-0.15, -0.1) is 0 Å². The van der Waals surface area contributed by atoms with E-state index >= 15 is 0 Å². The number of para-hydroxylation sites is 1. The molecule has 0 radical (unpaired) electrons. The van der Waals surface area contributed by atoms with E-state index in [-0.39, 0.29) is 18.0 Å². The summed E-state index contributed by atoms with van der Waals surface area (Å²) < 4.78 is 6.07. The van der Waals surface area contributed by atoms with Gasteiger partial charge in [0.25, 0.3) is 17.4 Å². The third-order valence-electron chi connectivity index (χ3n) is 4.14. The summed E-state index contributed by atoms with van der Waals surface area (Å²) >= 11 is 0. The van der Waals surface area contributed by atoms with Crippen molar-refractivity contribution in [2.75, 3.05) is 18.5 Å². The summed E-state index contributed by atoms with van der Waals surface area (Å²) in [4.78, 5) is 52.4. The third-order valence-corrected chi connectivity index (χ3v) is 4.14. The van der Waals surface area contributed by atoms with Crippen molar-refractivity contribution in [2.45, 2.75) is 13.5 Å². The van der Waals surface area contributed by atoms with Crippen LogP contribution in [0.5, 0.6) is 0 Å². The van der Waals surface area contributed by atoms with E-state index in [2.05, 4.69) is 15.6 Å². The SMILES string of the molecule is CCNC(=O)c1cccc(NC(=O)COC(=O)Cn2cnc3ccccc3c2=O)c1. The molecule has 0 saturated carbocycles. The van der Waals surface area contributed by atoms with E-state index in [4.69, 9.17) is 4.74 Å². The molecule has 9 heteroatoms. The zero-order valence-electron chi connectivity index (χ0n) is 16.3. The molecule has 3 rings (SSSR count). The second-order valence-electron chi connectivity index (χ2n) is 6.34. The topological polar surface area (TPSA) is 119 Å². The molecule has 2 amide bonds. The zero-order chi connectivity index (χ0) is 21.5. The number of anilines is 1. The molecule has 1 aromatic heterocycles. The number of rotatable bonds is 7. The molecule has 2 aromatic carbocycles. The highest BCUT2D eigenvalue weighted by atomic mass is 16.5. The number of esters is 1. The van der Waals surface area contributed by atoms with Crippen molar-refractivity contribution in [3.63, 3.8) is 0 Å². The van der Waals surface area contributed by atoms with Gasteiger partial charge >= 0.3 is 5.97 Å². The van der Waals surface area contributed by atoms with E-state index in [1.54, 1.807) is 49.4 Å². The number of fused-ring (bicyclic) bond motifs is 1. The maximum atomic E-state index is 12.4. The molecule has 0 aliphatic carbocycles. The van der Waals surface area contributed by atoms with Crippen LogP contribution in [0.15, 0.2) is 59.7 Å². The van der Waals surface area contributed by atoms with Crippen LogP contribution in [0.3, 0.4) is 0 Å². The maximum absolute atomic E-state index is 12.4. The summed E-state index contributed by atoms with van der Waals surface area (Å²) in [6.45, 7) is 1.40. The van der Waals surface area contributed by atoms with Crippen LogP contribution in [0.25, 0.3) is 10.9 Å². The second-order valence-corrected chi connectivity index (χ2v) is 6.34. The fourth-order valence-electron chi connectivity index (χ4n) is 2.75. The fraction of sp³-hybridized carbons (Fsp3) is 0.190. The zero-order valence-corrected chi connectivity index (χ0v) is 16.3. The molecule has 2 N–H and O–H groups in total. The van der Waals surface area contributed by atoms with Gasteiger partial charge in [-0.25, -0.2) is 4.98 Å². The van der Waals surface area contributed by atoms with Gasteiger partial charge in [0.1, 0.15) is 6.54 Å². The van der Waals surface area contributed by atoms with Gasteiger partial charge in [0, 0.05) is 17.8 Å². The molecule has 154 valence electrons. The van der Waals surface area contributed by atoms with Crippen LogP contribution >= 0.6 is 0 Å². The largest absolute Gasteiger partial charge is 0.454 e. The predicted octanol–water partition coefficient (Wildman–Crippen LogP) is 1.33. The molecule has 1 heterocycles. The van der Waals surface area contributed by atoms with E-state index in [9.17, 15) is 19.2 Å². The average Bonchev–Trinajstić information content (AvgIpc) is 2.75. The number of benzene rings is 2. The quantitative estimate of drug-likeness (QED) is 0.569. The van der Waals surface area contributed by atoms with Gasteiger partial charge < -0.3 is 15.4 Å². The minimum Gasteiger partial charge on any atom is -0.454 e. The van der Waals surface area contributed by atoms with Crippen molar-refractivity contribution in [3.8, 4) is 0 Å². The van der Waals surface area contributed by atoms with Crippen molar-refractivity contribution in [1.82, 2.24) is 14.9 Å². The first-order chi connectivity index (χ1) is 14.5. The van der Waals surface area contributed by atoms with Crippen molar-refractivity contribution < 1.29 is 19.1 Å². The maximum Gasteiger partial charge on any atom is 0.326 e. The molecule has 0 saturated heterocycles. The normalized spacial score (nSPS) is 10.4. The minimum absolute atomic E-state index is 0.255. The van der Waals surface area contributed by atoms with Gasteiger partial charge in [0.15, 0.2) is 6.61 Å². The highest BCUT2D eigenvalue weighted by Gasteiger charge is 2.12. The van der Waals surface area contributed by atoms with Crippen LogP contribution < -0.4 is 16.2 Å². The Bertz CT molecular complexity index is 1160. The summed E-state index contributed by atoms with van der Waals surface area (Å²) in [5, 5.41) is 5.61. The van der Waals surface area contributed by atoms with Crippen LogP contribution in [0.2, 0.25) is 0 Å². The first-order valence-corrected chi connectivity index (χ1v) is 9.26. The van der Waals surface area contributed by atoms with Crippen LogP contribution in [0, 0.1) is 0 Å². The Hall–Kier alpha value is -4.01. The van der Waals surface area contributed by atoms with Crippen molar-refractivity contribution >= 4 is 34.4 Å². The lowest BCUT2D eigenvalue weighted by atomic mass is 10.2. The summed E-state index contributed by atoms with van der Waals surface area (Å²) in [6.07, 6.45) is 1.26. The smallest absolute Gasteiger partial charge is 0.326 e. The highest BCUT2D eigenvalue weighted by Crippen LogP contribution is 2.10. The Labute approximate surface area is 171 Å². The standard InChI is InChI=1S/C21H20N4O5/c1-2-22-20(28)14-6-5-7-15(10-14)24-18(26)12-30-19(27)11-25-13-23-17-9-4-3-8-16(17)21(25)29/h3-10,13H,2,11-12H2,1H3,(H,22,28)(H,24,26). The van der Waals surface area contributed by atoms with E-state index in [1.807, 2.05) is 0 Å². The number of carbonyl (C=O) groups excluding carboxylic acids is 3. The van der Waals surface area contributed by atoms with Crippen LogP contribution in [0.1, 0.15) is 17.3 Å². The van der Waals surface area contributed by atoms with Gasteiger partial charge in [-0.2, -0.15) is 0 Å². The Morgan fingerprint density at radius 2 is 1.90 bits per heavy atom. The number of nitrogens with zero attached hydrogens (tertiary/aromatic N) is 2. The Kier molecular flexibility index (Phi) is 6.53. The molecule has 0 fully saturated rings. The number of hydrogen-bond acceptors (Lipinski definition) is 6. The number of nitrogens with one attached hydrogen (secondary N) is 2. The minimum atomic E-state index is -0.750. The molecule has 0 spiro atoms. The summed E-state index contributed by atoms with van der Waals surface area (Å²) in [5.41, 5.74) is 0.954. The van der Waals surface area contributed by atoms with E-state index in [1.165, 1.54) is 12.4 Å². The molecule has 0 bridgehead atoms. The van der Waals surface area contributed by atoms with Gasteiger partial charge in [-0.05, 0) is 37.3 Å². The lowest BCUT2D eigenvalue weighted by Crippen LogP contribution is -2.28. The number of ether oxygens (including phenoxy) is 1. The number of aromatic nitrogens is 2. The molecule has 9 nitrogen and oxygen atoms in total. The molecule has 0 aliphatic rings. The van der Waals surface area contributed by atoms with Crippen molar-refractivity contribution in [2.24, 2.45) is 0 Å². The third kappa shape index (κ3) is 5.07. The van der Waals surface area contributed by atoms with Crippen LogP contribution in [0.4, 0.5) is 5.69 Å². The lowest BCUT2D eigenvalue weighted by Gasteiger charge is -2.09. The first kappa shape index (κ1) is 20.7. The monoisotopic (exact) mass is 408 g/mol. The van der Waals surface area contributed by atoms with E-state index in [0.717, 1.165) is 4.57 Å². The second kappa shape index (κ2) is 9.46.